The fourth-order valence-corrected chi connectivity index (χ4v) is 0.372. The molecule has 0 heterocycles. The number of hydrogen-bond donors (Lipinski definition) is 2. The summed E-state index contributed by atoms with van der Waals surface area (Å²) >= 11 is 0. The van der Waals surface area contributed by atoms with Gasteiger partial charge < -0.3 is 10.8 Å². The Morgan fingerprint density at radius 3 is 2.43 bits per heavy atom. The van der Waals surface area contributed by atoms with E-state index in [0.717, 1.165) is 0 Å². The highest BCUT2D eigenvalue weighted by Crippen LogP contribution is 1.93. The Hall–Kier alpha value is -0.500. The lowest BCUT2D eigenvalue weighted by atomic mass is 10.2. The number of hydrogen-bond acceptors (Lipinski definition) is 2. The Morgan fingerprint density at radius 2 is 2.43 bits per heavy atom. The van der Waals surface area contributed by atoms with Gasteiger partial charge >= 0.3 is 0 Å². The van der Waals surface area contributed by atoms with Crippen molar-refractivity contribution in [2.45, 2.75) is 19.4 Å². The van der Waals surface area contributed by atoms with Crippen molar-refractivity contribution >= 4 is 0 Å². The lowest BCUT2D eigenvalue weighted by Gasteiger charge is -1.99. The largest absolute Gasteiger partial charge is 0.513 e. The third-order valence-corrected chi connectivity index (χ3v) is 0.558. The lowest BCUT2D eigenvalue weighted by Crippen LogP contribution is -2.14. The maximum atomic E-state index is 8.45. The van der Waals surface area contributed by atoms with Crippen molar-refractivity contribution in [2.75, 3.05) is 0 Å². The van der Waals surface area contributed by atoms with Gasteiger partial charge in [-0.05, 0) is 6.92 Å². The minimum absolute atomic E-state index is 0.0255. The number of aliphatic hydroxyl groups is 1. The molecule has 42 valence electrons. The van der Waals surface area contributed by atoms with Crippen LogP contribution < -0.4 is 5.73 Å². The first-order valence-corrected chi connectivity index (χ1v) is 2.25. The molecular weight excluding hydrogens is 90.1 g/mol. The third kappa shape index (κ3) is 5.50. The molecule has 0 fully saturated rings. The lowest BCUT2D eigenvalue weighted by molar-refractivity contribution is 0.380. The fourth-order valence-electron chi connectivity index (χ4n) is 0.372. The minimum Gasteiger partial charge on any atom is -0.513 e. The molecule has 0 unspecified atom stereocenters. The van der Waals surface area contributed by atoms with Crippen LogP contribution in [0.1, 0.15) is 13.3 Å². The number of rotatable bonds is 2. The highest BCUT2D eigenvalue weighted by Gasteiger charge is 1.92. The molecule has 0 aromatic rings. The van der Waals surface area contributed by atoms with Crippen molar-refractivity contribution in [3.63, 3.8) is 0 Å². The summed E-state index contributed by atoms with van der Waals surface area (Å²) in [5.41, 5.74) is 5.27. The van der Waals surface area contributed by atoms with Crippen molar-refractivity contribution in [1.29, 1.82) is 0 Å². The summed E-state index contributed by atoms with van der Waals surface area (Å²) in [5, 5.41) is 8.45. The molecule has 0 aliphatic heterocycles. The van der Waals surface area contributed by atoms with E-state index in [0.29, 0.717) is 6.42 Å². The predicted molar refractivity (Wildman–Crippen MR) is 30.0 cm³/mol. The predicted octanol–water partition coefficient (Wildman–Crippen LogP) is 0.795. The molecule has 0 saturated carbocycles. The van der Waals surface area contributed by atoms with Gasteiger partial charge in [-0.1, -0.05) is 6.58 Å². The van der Waals surface area contributed by atoms with Crippen LogP contribution in [0.15, 0.2) is 12.3 Å². The van der Waals surface area contributed by atoms with E-state index >= 15 is 0 Å². The van der Waals surface area contributed by atoms with Crippen LogP contribution in [0.3, 0.4) is 0 Å². The second kappa shape index (κ2) is 2.64. The van der Waals surface area contributed by atoms with Crippen LogP contribution >= 0.6 is 0 Å². The normalized spacial score (nSPS) is 13.4. The zero-order valence-electron chi connectivity index (χ0n) is 4.52. The number of nitrogens with two attached hydrogens (primary N) is 1. The highest BCUT2D eigenvalue weighted by atomic mass is 16.3. The van der Waals surface area contributed by atoms with Crippen molar-refractivity contribution < 1.29 is 5.11 Å². The maximum absolute atomic E-state index is 8.45. The van der Waals surface area contributed by atoms with Gasteiger partial charge in [0.1, 0.15) is 0 Å². The van der Waals surface area contributed by atoms with E-state index in [1.807, 2.05) is 6.92 Å². The molecule has 2 heteroatoms. The summed E-state index contributed by atoms with van der Waals surface area (Å²) in [4.78, 5) is 0. The van der Waals surface area contributed by atoms with Crippen LogP contribution in [0.5, 0.6) is 0 Å². The smallest absolute Gasteiger partial charge is 0.0866 e. The second-order valence-corrected chi connectivity index (χ2v) is 1.75. The maximum Gasteiger partial charge on any atom is 0.0866 e. The van der Waals surface area contributed by atoms with Crippen LogP contribution in [0.2, 0.25) is 0 Å². The Morgan fingerprint density at radius 1 is 2.00 bits per heavy atom. The van der Waals surface area contributed by atoms with Crippen LogP contribution in [0.25, 0.3) is 0 Å². The van der Waals surface area contributed by atoms with Crippen LogP contribution in [-0.4, -0.2) is 11.1 Å². The van der Waals surface area contributed by atoms with Crippen LogP contribution in [0, 0.1) is 0 Å². The topological polar surface area (TPSA) is 46.2 Å². The van der Waals surface area contributed by atoms with Gasteiger partial charge in [0.2, 0.25) is 0 Å². The number of aliphatic hydroxyl groups excluding tert-OH is 1. The van der Waals surface area contributed by atoms with Crippen molar-refractivity contribution in [1.82, 2.24) is 0 Å². The van der Waals surface area contributed by atoms with Crippen molar-refractivity contribution in [2.24, 2.45) is 5.73 Å². The monoisotopic (exact) mass is 101 g/mol. The third-order valence-electron chi connectivity index (χ3n) is 0.558. The van der Waals surface area contributed by atoms with Crippen molar-refractivity contribution in [3.8, 4) is 0 Å². The van der Waals surface area contributed by atoms with Crippen molar-refractivity contribution in [3.05, 3.63) is 12.3 Å². The van der Waals surface area contributed by atoms with Gasteiger partial charge in [0, 0.05) is 12.5 Å². The molecule has 7 heavy (non-hydrogen) atoms. The highest BCUT2D eigenvalue weighted by molar-refractivity contribution is 4.81. The standard InChI is InChI=1S/C5H11NO/c1-4(6)3-5(2)7/h4,7H,2-3,6H2,1H3/t4-/m0/s1. The quantitative estimate of drug-likeness (QED) is 0.505. The van der Waals surface area contributed by atoms with Gasteiger partial charge in [0.25, 0.3) is 0 Å². The Labute approximate surface area is 43.6 Å². The molecule has 3 N–H and O–H groups in total. The Kier molecular flexibility index (Phi) is 2.45. The average Bonchev–Trinajstić information content (AvgIpc) is 1.27. The summed E-state index contributed by atoms with van der Waals surface area (Å²) in [6.45, 7) is 5.09. The molecule has 0 rings (SSSR count). The van der Waals surface area contributed by atoms with E-state index in [1.54, 1.807) is 0 Å². The van der Waals surface area contributed by atoms with Gasteiger partial charge in [-0.15, -0.1) is 0 Å². The Balaban J connectivity index is 3.13. The second-order valence-electron chi connectivity index (χ2n) is 1.75. The van der Waals surface area contributed by atoms with Gasteiger partial charge in [-0.2, -0.15) is 0 Å². The van der Waals surface area contributed by atoms with E-state index in [1.165, 1.54) is 0 Å². The first kappa shape index (κ1) is 6.50. The first-order chi connectivity index (χ1) is 3.13. The van der Waals surface area contributed by atoms with Gasteiger partial charge in [-0.25, -0.2) is 0 Å². The molecule has 1 atom stereocenters. The van der Waals surface area contributed by atoms with E-state index in [4.69, 9.17) is 10.8 Å². The summed E-state index contributed by atoms with van der Waals surface area (Å²) < 4.78 is 0. The summed E-state index contributed by atoms with van der Waals surface area (Å²) in [6.07, 6.45) is 0.500. The Bertz CT molecular complexity index is 68.5. The average molecular weight is 101 g/mol. The summed E-state index contributed by atoms with van der Waals surface area (Å²) in [6, 6.07) is 0.0255. The zero-order chi connectivity index (χ0) is 5.86. The summed E-state index contributed by atoms with van der Waals surface area (Å²) in [5.74, 6) is 0.162. The molecule has 0 amide bonds. The van der Waals surface area contributed by atoms with Gasteiger partial charge in [0.05, 0.1) is 5.76 Å². The molecule has 2 nitrogen and oxygen atoms in total. The molecule has 0 aromatic carbocycles. The first-order valence-electron chi connectivity index (χ1n) is 2.25. The fraction of sp³-hybridized carbons (Fsp3) is 0.600. The molecule has 0 aliphatic carbocycles. The van der Waals surface area contributed by atoms with Crippen LogP contribution in [-0.2, 0) is 0 Å². The molecule has 0 aromatic heterocycles. The molecule has 0 radical (unpaired) electrons. The minimum atomic E-state index is 0.0255. The molecule has 0 bridgehead atoms. The van der Waals surface area contributed by atoms with E-state index < -0.39 is 0 Å². The van der Waals surface area contributed by atoms with Crippen LogP contribution in [0.4, 0.5) is 0 Å². The van der Waals surface area contributed by atoms with E-state index in [2.05, 4.69) is 6.58 Å². The zero-order valence-corrected chi connectivity index (χ0v) is 4.52. The van der Waals surface area contributed by atoms with Gasteiger partial charge in [0.15, 0.2) is 0 Å². The van der Waals surface area contributed by atoms with E-state index in [9.17, 15) is 0 Å². The van der Waals surface area contributed by atoms with E-state index in [-0.39, 0.29) is 11.8 Å². The summed E-state index contributed by atoms with van der Waals surface area (Å²) in [7, 11) is 0. The van der Waals surface area contributed by atoms with Gasteiger partial charge in [-0.3, -0.25) is 0 Å². The molecule has 0 spiro atoms. The SMILES string of the molecule is C=C(O)C[C@H](C)N. The molecule has 0 saturated heterocycles. The molecular formula is C5H11NO. The molecule has 0 aliphatic rings.